The lowest BCUT2D eigenvalue weighted by molar-refractivity contribution is 0.185. The van der Waals surface area contributed by atoms with E-state index in [0.29, 0.717) is 0 Å². The van der Waals surface area contributed by atoms with Crippen LogP contribution in [0.1, 0.15) is 18.4 Å². The standard InChI is InChI=1S/C12H21N3O/c1-15-9-11(8-14-15)3-2-5-13-7-12-4-6-16-10-12/h8-9,12-13H,2-7,10H2,1H3. The Balaban J connectivity index is 1.51. The van der Waals surface area contributed by atoms with E-state index in [-0.39, 0.29) is 0 Å². The Bertz CT molecular complexity index is 305. The molecular weight excluding hydrogens is 202 g/mol. The Morgan fingerprint density at radius 2 is 2.56 bits per heavy atom. The second-order valence-corrected chi connectivity index (χ2v) is 4.56. The molecule has 1 aliphatic rings. The lowest BCUT2D eigenvalue weighted by Gasteiger charge is -2.08. The van der Waals surface area contributed by atoms with Crippen molar-refractivity contribution in [2.75, 3.05) is 26.3 Å². The Hall–Kier alpha value is -0.870. The van der Waals surface area contributed by atoms with Gasteiger partial charge in [-0.3, -0.25) is 4.68 Å². The van der Waals surface area contributed by atoms with E-state index in [1.807, 2.05) is 17.9 Å². The second kappa shape index (κ2) is 6.01. The maximum absolute atomic E-state index is 5.34. The first-order chi connectivity index (χ1) is 7.84. The smallest absolute Gasteiger partial charge is 0.0521 e. The molecule has 4 nitrogen and oxygen atoms in total. The van der Waals surface area contributed by atoms with Crippen LogP contribution in [0.5, 0.6) is 0 Å². The van der Waals surface area contributed by atoms with Crippen molar-refractivity contribution in [1.29, 1.82) is 0 Å². The van der Waals surface area contributed by atoms with E-state index in [9.17, 15) is 0 Å². The van der Waals surface area contributed by atoms with Crippen molar-refractivity contribution in [3.63, 3.8) is 0 Å². The summed E-state index contributed by atoms with van der Waals surface area (Å²) in [5.74, 6) is 0.735. The molecule has 1 saturated heterocycles. The van der Waals surface area contributed by atoms with Crippen LogP contribution in [0, 0.1) is 5.92 Å². The summed E-state index contributed by atoms with van der Waals surface area (Å²) in [5, 5.41) is 7.66. The van der Waals surface area contributed by atoms with Gasteiger partial charge in [0.25, 0.3) is 0 Å². The summed E-state index contributed by atoms with van der Waals surface area (Å²) in [6.07, 6.45) is 7.55. The monoisotopic (exact) mass is 223 g/mol. The normalized spacial score (nSPS) is 20.4. The van der Waals surface area contributed by atoms with E-state index in [1.165, 1.54) is 18.4 Å². The predicted molar refractivity (Wildman–Crippen MR) is 63.3 cm³/mol. The molecule has 4 heteroatoms. The number of hydrogen-bond acceptors (Lipinski definition) is 3. The highest BCUT2D eigenvalue weighted by Gasteiger charge is 2.14. The van der Waals surface area contributed by atoms with E-state index in [1.54, 1.807) is 0 Å². The zero-order chi connectivity index (χ0) is 11.2. The number of ether oxygens (including phenoxy) is 1. The fourth-order valence-electron chi connectivity index (χ4n) is 2.07. The van der Waals surface area contributed by atoms with Crippen molar-refractivity contribution in [3.05, 3.63) is 18.0 Å². The molecule has 0 amide bonds. The highest BCUT2D eigenvalue weighted by molar-refractivity contribution is 5.03. The average Bonchev–Trinajstić information content (AvgIpc) is 2.89. The highest BCUT2D eigenvalue weighted by atomic mass is 16.5. The summed E-state index contributed by atoms with van der Waals surface area (Å²) in [6.45, 7) is 4.08. The SMILES string of the molecule is Cn1cc(CCCNCC2CCOC2)cn1. The topological polar surface area (TPSA) is 39.1 Å². The molecule has 2 heterocycles. The van der Waals surface area contributed by atoms with Crippen molar-refractivity contribution < 1.29 is 4.74 Å². The van der Waals surface area contributed by atoms with Crippen molar-refractivity contribution in [1.82, 2.24) is 15.1 Å². The summed E-state index contributed by atoms with van der Waals surface area (Å²) >= 11 is 0. The molecule has 16 heavy (non-hydrogen) atoms. The molecule has 0 bridgehead atoms. The molecule has 1 unspecified atom stereocenters. The first-order valence-corrected chi connectivity index (χ1v) is 6.10. The third-order valence-electron chi connectivity index (χ3n) is 3.03. The van der Waals surface area contributed by atoms with Crippen LogP contribution in [-0.4, -0.2) is 36.1 Å². The van der Waals surface area contributed by atoms with Gasteiger partial charge in [0.1, 0.15) is 0 Å². The summed E-state index contributed by atoms with van der Waals surface area (Å²) in [5.41, 5.74) is 1.33. The molecule has 1 N–H and O–H groups in total. The van der Waals surface area contributed by atoms with E-state index < -0.39 is 0 Å². The minimum absolute atomic E-state index is 0.735. The van der Waals surface area contributed by atoms with Gasteiger partial charge < -0.3 is 10.1 Å². The van der Waals surface area contributed by atoms with Gasteiger partial charge in [0, 0.05) is 26.4 Å². The first-order valence-electron chi connectivity index (χ1n) is 6.10. The Morgan fingerprint density at radius 1 is 1.62 bits per heavy atom. The number of nitrogens with zero attached hydrogens (tertiary/aromatic N) is 2. The van der Waals surface area contributed by atoms with Crippen LogP contribution in [0.15, 0.2) is 12.4 Å². The minimum atomic E-state index is 0.735. The fourth-order valence-corrected chi connectivity index (χ4v) is 2.07. The molecule has 0 aromatic carbocycles. The molecule has 1 aromatic heterocycles. The van der Waals surface area contributed by atoms with Crippen LogP contribution in [0.4, 0.5) is 0 Å². The van der Waals surface area contributed by atoms with Gasteiger partial charge in [0.2, 0.25) is 0 Å². The van der Waals surface area contributed by atoms with Crippen LogP contribution in [0.3, 0.4) is 0 Å². The van der Waals surface area contributed by atoms with Gasteiger partial charge in [-0.05, 0) is 37.3 Å². The van der Waals surface area contributed by atoms with Gasteiger partial charge in [-0.15, -0.1) is 0 Å². The van der Waals surface area contributed by atoms with Gasteiger partial charge in [0.05, 0.1) is 12.8 Å². The van der Waals surface area contributed by atoms with Crippen LogP contribution >= 0.6 is 0 Å². The summed E-state index contributed by atoms with van der Waals surface area (Å²) in [7, 11) is 1.96. The maximum Gasteiger partial charge on any atom is 0.0521 e. The molecular formula is C12H21N3O. The van der Waals surface area contributed by atoms with Crippen molar-refractivity contribution in [2.24, 2.45) is 13.0 Å². The zero-order valence-electron chi connectivity index (χ0n) is 9.98. The van der Waals surface area contributed by atoms with Crippen LogP contribution in [0.25, 0.3) is 0 Å². The lowest BCUT2D eigenvalue weighted by atomic mass is 10.1. The van der Waals surface area contributed by atoms with Crippen LogP contribution in [0.2, 0.25) is 0 Å². The quantitative estimate of drug-likeness (QED) is 0.731. The van der Waals surface area contributed by atoms with Crippen LogP contribution in [-0.2, 0) is 18.2 Å². The molecule has 0 aliphatic carbocycles. The van der Waals surface area contributed by atoms with Crippen molar-refractivity contribution >= 4 is 0 Å². The van der Waals surface area contributed by atoms with Gasteiger partial charge in [0.15, 0.2) is 0 Å². The van der Waals surface area contributed by atoms with Gasteiger partial charge in [-0.2, -0.15) is 5.10 Å². The van der Waals surface area contributed by atoms with E-state index >= 15 is 0 Å². The summed E-state index contributed by atoms with van der Waals surface area (Å²) in [6, 6.07) is 0. The summed E-state index contributed by atoms with van der Waals surface area (Å²) in [4.78, 5) is 0. The maximum atomic E-state index is 5.34. The molecule has 0 spiro atoms. The highest BCUT2D eigenvalue weighted by Crippen LogP contribution is 2.10. The third kappa shape index (κ3) is 3.61. The Morgan fingerprint density at radius 3 is 3.25 bits per heavy atom. The Labute approximate surface area is 97.0 Å². The molecule has 1 atom stereocenters. The molecule has 1 fully saturated rings. The molecule has 0 radical (unpaired) electrons. The second-order valence-electron chi connectivity index (χ2n) is 4.56. The average molecular weight is 223 g/mol. The number of rotatable bonds is 6. The van der Waals surface area contributed by atoms with E-state index in [4.69, 9.17) is 4.74 Å². The van der Waals surface area contributed by atoms with Gasteiger partial charge in [-0.1, -0.05) is 0 Å². The molecule has 90 valence electrons. The number of aryl methyl sites for hydroxylation is 2. The van der Waals surface area contributed by atoms with Gasteiger partial charge in [-0.25, -0.2) is 0 Å². The molecule has 2 rings (SSSR count). The lowest BCUT2D eigenvalue weighted by Crippen LogP contribution is -2.24. The van der Waals surface area contributed by atoms with E-state index in [0.717, 1.165) is 38.6 Å². The predicted octanol–water partition coefficient (Wildman–Crippen LogP) is 0.979. The third-order valence-corrected chi connectivity index (χ3v) is 3.03. The van der Waals surface area contributed by atoms with Crippen molar-refractivity contribution in [3.8, 4) is 0 Å². The van der Waals surface area contributed by atoms with Crippen LogP contribution < -0.4 is 5.32 Å². The number of hydrogen-bond donors (Lipinski definition) is 1. The molecule has 0 saturated carbocycles. The van der Waals surface area contributed by atoms with Gasteiger partial charge >= 0.3 is 0 Å². The number of nitrogens with one attached hydrogen (secondary N) is 1. The molecule has 1 aromatic rings. The largest absolute Gasteiger partial charge is 0.381 e. The zero-order valence-corrected chi connectivity index (χ0v) is 9.98. The minimum Gasteiger partial charge on any atom is -0.381 e. The fraction of sp³-hybridized carbons (Fsp3) is 0.750. The summed E-state index contributed by atoms with van der Waals surface area (Å²) < 4.78 is 7.19. The van der Waals surface area contributed by atoms with E-state index in [2.05, 4.69) is 16.6 Å². The van der Waals surface area contributed by atoms with Crippen molar-refractivity contribution in [2.45, 2.75) is 19.3 Å². The molecule has 1 aliphatic heterocycles. The first kappa shape index (κ1) is 11.6. The number of aromatic nitrogens is 2. The Kier molecular flexibility index (Phi) is 4.36.